The van der Waals surface area contributed by atoms with Gasteiger partial charge in [-0.05, 0) is 44.5 Å². The van der Waals surface area contributed by atoms with Crippen LogP contribution in [0, 0.1) is 0 Å². The molecule has 0 saturated carbocycles. The molecule has 0 spiro atoms. The van der Waals surface area contributed by atoms with Crippen LogP contribution in [0.4, 0.5) is 0 Å². The second kappa shape index (κ2) is 6.02. The molecule has 0 saturated heterocycles. The highest BCUT2D eigenvalue weighted by Gasteiger charge is 2.45. The van der Waals surface area contributed by atoms with Crippen molar-refractivity contribution in [1.82, 2.24) is 4.98 Å². The number of aromatic nitrogens is 1. The third-order valence-corrected chi connectivity index (χ3v) is 6.96. The molecule has 144 valence electrons. The van der Waals surface area contributed by atoms with Gasteiger partial charge in [-0.15, -0.1) is 0 Å². The van der Waals surface area contributed by atoms with Gasteiger partial charge in [0.25, 0.3) is 0 Å². The molecule has 1 nitrogen and oxygen atoms in total. The van der Waals surface area contributed by atoms with E-state index in [4.69, 9.17) is 4.98 Å². The van der Waals surface area contributed by atoms with E-state index < -0.39 is 0 Å². The van der Waals surface area contributed by atoms with Crippen LogP contribution in [0.3, 0.4) is 0 Å². The second-order valence-corrected chi connectivity index (χ2v) is 8.34. The number of hydrogen-bond donors (Lipinski definition) is 0. The number of hydrogen-bond acceptors (Lipinski definition) is 1. The Morgan fingerprint density at radius 1 is 0.452 bits per heavy atom. The Morgan fingerprint density at radius 2 is 1.03 bits per heavy atom. The predicted octanol–water partition coefficient (Wildman–Crippen LogP) is 7.24. The van der Waals surface area contributed by atoms with Crippen molar-refractivity contribution in [2.45, 2.75) is 5.41 Å². The molecule has 0 amide bonds. The van der Waals surface area contributed by atoms with Crippen molar-refractivity contribution in [3.05, 3.63) is 138 Å². The van der Waals surface area contributed by atoms with Gasteiger partial charge in [-0.3, -0.25) is 4.98 Å². The van der Waals surface area contributed by atoms with E-state index in [0.29, 0.717) is 0 Å². The molecule has 1 aliphatic rings. The molecule has 1 heteroatoms. The number of benzene rings is 5. The van der Waals surface area contributed by atoms with Gasteiger partial charge in [0.05, 0.1) is 10.9 Å². The SMILES string of the molecule is c1ccc(C2(c3ccccc3)c3cccc4c5ccccc5c5nccc2c5c34)cc1. The molecule has 5 aromatic carbocycles. The lowest BCUT2D eigenvalue weighted by molar-refractivity contribution is 0.770. The average molecular weight is 393 g/mol. The van der Waals surface area contributed by atoms with Gasteiger partial charge in [0, 0.05) is 17.0 Å². The molecule has 7 rings (SSSR count). The third-order valence-electron chi connectivity index (χ3n) is 6.96. The first kappa shape index (κ1) is 16.8. The van der Waals surface area contributed by atoms with E-state index in [1.807, 2.05) is 6.20 Å². The Bertz CT molecular complexity index is 1490. The highest BCUT2D eigenvalue weighted by molar-refractivity contribution is 6.28. The number of rotatable bonds is 2. The highest BCUT2D eigenvalue weighted by Crippen LogP contribution is 2.56. The van der Waals surface area contributed by atoms with E-state index in [9.17, 15) is 0 Å². The predicted molar refractivity (Wildman–Crippen MR) is 129 cm³/mol. The lowest BCUT2D eigenvalue weighted by Gasteiger charge is -2.34. The van der Waals surface area contributed by atoms with E-state index in [1.165, 1.54) is 49.2 Å². The van der Waals surface area contributed by atoms with Crippen LogP contribution in [0.1, 0.15) is 22.3 Å². The zero-order valence-corrected chi connectivity index (χ0v) is 16.9. The maximum atomic E-state index is 4.91. The summed E-state index contributed by atoms with van der Waals surface area (Å²) in [5.41, 5.74) is 6.00. The van der Waals surface area contributed by atoms with E-state index >= 15 is 0 Å². The monoisotopic (exact) mass is 393 g/mol. The summed E-state index contributed by atoms with van der Waals surface area (Å²) in [6.45, 7) is 0. The van der Waals surface area contributed by atoms with Gasteiger partial charge < -0.3 is 0 Å². The van der Waals surface area contributed by atoms with Crippen molar-refractivity contribution < 1.29 is 0 Å². The van der Waals surface area contributed by atoms with E-state index in [0.717, 1.165) is 5.52 Å². The molecule has 1 heterocycles. The molecule has 0 unspecified atom stereocenters. The molecule has 0 fully saturated rings. The average Bonchev–Trinajstić information content (AvgIpc) is 3.17. The van der Waals surface area contributed by atoms with Crippen molar-refractivity contribution in [1.29, 1.82) is 0 Å². The fourth-order valence-corrected chi connectivity index (χ4v) is 5.82. The van der Waals surface area contributed by atoms with E-state index in [-0.39, 0.29) is 5.41 Å². The van der Waals surface area contributed by atoms with Crippen LogP contribution in [0.2, 0.25) is 0 Å². The number of fused-ring (bicyclic) bond motifs is 3. The first-order valence-electron chi connectivity index (χ1n) is 10.7. The van der Waals surface area contributed by atoms with Crippen molar-refractivity contribution >= 4 is 32.4 Å². The molecular formula is C30H19N. The Balaban J connectivity index is 1.80. The summed E-state index contributed by atoms with van der Waals surface area (Å²) in [5.74, 6) is 0. The fraction of sp³-hybridized carbons (Fsp3) is 0.0333. The van der Waals surface area contributed by atoms with Crippen molar-refractivity contribution in [3.8, 4) is 0 Å². The van der Waals surface area contributed by atoms with Crippen LogP contribution in [0.25, 0.3) is 32.4 Å². The van der Waals surface area contributed by atoms with Crippen molar-refractivity contribution in [2.24, 2.45) is 0 Å². The van der Waals surface area contributed by atoms with Gasteiger partial charge >= 0.3 is 0 Å². The van der Waals surface area contributed by atoms with E-state index in [1.54, 1.807) is 0 Å². The zero-order chi connectivity index (χ0) is 20.4. The summed E-state index contributed by atoms with van der Waals surface area (Å²) in [6.07, 6.45) is 1.99. The van der Waals surface area contributed by atoms with Gasteiger partial charge in [0.2, 0.25) is 0 Å². The Hall–Kier alpha value is -3.97. The van der Waals surface area contributed by atoms with Crippen molar-refractivity contribution in [2.75, 3.05) is 0 Å². The summed E-state index contributed by atoms with van der Waals surface area (Å²) < 4.78 is 0. The van der Waals surface area contributed by atoms with Crippen LogP contribution in [0.15, 0.2) is 115 Å². The van der Waals surface area contributed by atoms with Crippen LogP contribution in [-0.4, -0.2) is 4.98 Å². The molecule has 0 bridgehead atoms. The minimum absolute atomic E-state index is 0.358. The molecule has 1 aliphatic carbocycles. The first-order chi connectivity index (χ1) is 15.4. The Kier molecular flexibility index (Phi) is 3.26. The highest BCUT2D eigenvalue weighted by atomic mass is 14.7. The normalized spacial score (nSPS) is 14.1. The maximum absolute atomic E-state index is 4.91. The van der Waals surface area contributed by atoms with Gasteiger partial charge in [-0.2, -0.15) is 0 Å². The topological polar surface area (TPSA) is 12.9 Å². The van der Waals surface area contributed by atoms with Gasteiger partial charge in [-0.1, -0.05) is 103 Å². The summed E-state index contributed by atoms with van der Waals surface area (Å²) in [5, 5.41) is 6.43. The molecule has 0 aliphatic heterocycles. The number of nitrogens with zero attached hydrogens (tertiary/aromatic N) is 1. The summed E-state index contributed by atoms with van der Waals surface area (Å²) in [4.78, 5) is 4.91. The Labute approximate surface area is 180 Å². The molecule has 0 atom stereocenters. The van der Waals surface area contributed by atoms with E-state index in [2.05, 4.69) is 109 Å². The zero-order valence-electron chi connectivity index (χ0n) is 16.9. The summed E-state index contributed by atoms with van der Waals surface area (Å²) >= 11 is 0. The van der Waals surface area contributed by atoms with Crippen molar-refractivity contribution in [3.63, 3.8) is 0 Å². The summed E-state index contributed by atoms with van der Waals surface area (Å²) in [7, 11) is 0. The van der Waals surface area contributed by atoms with Crippen LogP contribution < -0.4 is 0 Å². The Morgan fingerprint density at radius 3 is 1.74 bits per heavy atom. The smallest absolute Gasteiger partial charge is 0.0790 e. The fourth-order valence-electron chi connectivity index (χ4n) is 5.82. The molecular weight excluding hydrogens is 374 g/mol. The maximum Gasteiger partial charge on any atom is 0.0790 e. The van der Waals surface area contributed by atoms with Crippen LogP contribution >= 0.6 is 0 Å². The lowest BCUT2D eigenvalue weighted by atomic mass is 9.67. The minimum Gasteiger partial charge on any atom is -0.256 e. The van der Waals surface area contributed by atoms with Crippen LogP contribution in [-0.2, 0) is 5.41 Å². The van der Waals surface area contributed by atoms with Gasteiger partial charge in [-0.25, -0.2) is 0 Å². The molecule has 31 heavy (non-hydrogen) atoms. The standard InChI is InChI=1S/C30H19N/c1-3-10-20(11-4-1)30(21-12-5-2-6-13-21)25-17-9-16-23-22-14-7-8-15-24(22)29-28(27(23)25)26(30)18-19-31-29/h1-19H. The second-order valence-electron chi connectivity index (χ2n) is 8.34. The largest absolute Gasteiger partial charge is 0.256 e. The molecule has 0 radical (unpaired) electrons. The minimum atomic E-state index is -0.358. The molecule has 6 aromatic rings. The summed E-state index contributed by atoms with van der Waals surface area (Å²) in [6, 6.07) is 39.6. The lowest BCUT2D eigenvalue weighted by Crippen LogP contribution is -2.28. The molecule has 1 aromatic heterocycles. The quantitative estimate of drug-likeness (QED) is 0.282. The molecule has 0 N–H and O–H groups in total. The number of pyridine rings is 1. The van der Waals surface area contributed by atoms with Gasteiger partial charge in [0.15, 0.2) is 0 Å². The van der Waals surface area contributed by atoms with Gasteiger partial charge in [0.1, 0.15) is 0 Å². The third kappa shape index (κ3) is 1.98. The van der Waals surface area contributed by atoms with Crippen LogP contribution in [0.5, 0.6) is 0 Å². The first-order valence-corrected chi connectivity index (χ1v) is 10.7.